The Morgan fingerprint density at radius 1 is 0.287 bits per heavy atom. The Labute approximate surface area is 619 Å². The Balaban J connectivity index is 5.26. The number of unbranched alkanes of at least 4 members (excludes halogenated alkanes) is 50. The third-order valence-corrected chi connectivity index (χ3v) is 21.5. The molecule has 3 N–H and O–H groups in total. The number of hydrogen-bond donors (Lipinski definition) is 3. The van der Waals surface area contributed by atoms with Crippen LogP contribution in [0.4, 0.5) is 0 Å². The van der Waals surface area contributed by atoms with E-state index in [-0.39, 0.29) is 25.7 Å². The van der Waals surface area contributed by atoms with Gasteiger partial charge in [-0.25, -0.2) is 9.13 Å². The summed E-state index contributed by atoms with van der Waals surface area (Å²) >= 11 is 0. The fourth-order valence-electron chi connectivity index (χ4n) is 12.7. The number of rotatable bonds is 81. The Kier molecular flexibility index (Phi) is 72.2. The molecular formula is C82H160O17P2. The summed E-state index contributed by atoms with van der Waals surface area (Å²) in [6.07, 6.45) is 63.7. The van der Waals surface area contributed by atoms with Crippen LogP contribution in [-0.2, 0) is 65.4 Å². The molecule has 0 aliphatic carbocycles. The summed E-state index contributed by atoms with van der Waals surface area (Å²) < 4.78 is 68.8. The molecule has 0 aliphatic rings. The topological polar surface area (TPSA) is 237 Å². The van der Waals surface area contributed by atoms with Crippen LogP contribution in [0.1, 0.15) is 433 Å². The van der Waals surface area contributed by atoms with Crippen LogP contribution in [0, 0.1) is 11.8 Å². The first-order chi connectivity index (χ1) is 48.9. The van der Waals surface area contributed by atoms with Gasteiger partial charge in [0.1, 0.15) is 19.3 Å². The molecule has 19 heteroatoms. The third kappa shape index (κ3) is 74.7. The first-order valence-electron chi connectivity index (χ1n) is 42.5. The summed E-state index contributed by atoms with van der Waals surface area (Å²) in [5.74, 6) is -0.544. The van der Waals surface area contributed by atoms with Gasteiger partial charge in [0.05, 0.1) is 26.4 Å². The van der Waals surface area contributed by atoms with Gasteiger partial charge in [-0.3, -0.25) is 37.3 Å². The number of carbonyl (C=O) groups is 4. The molecule has 0 radical (unpaired) electrons. The molecule has 101 heavy (non-hydrogen) atoms. The minimum atomic E-state index is -4.96. The van der Waals surface area contributed by atoms with Gasteiger partial charge in [0.2, 0.25) is 0 Å². The minimum absolute atomic E-state index is 0.106. The van der Waals surface area contributed by atoms with Gasteiger partial charge in [-0.15, -0.1) is 0 Å². The standard InChI is InChI=1S/C82H160O17P2/c1-7-10-12-14-16-18-20-22-24-25-26-27-29-31-33-42-48-54-60-66-81(86)98-77(70-92-79(84)64-58-52-46-40-32-30-28-23-21-19-17-15-13-11-8-2)72-96-100(88,89)94-68-76(83)69-95-101(90,91)97-73-78(71-93-80(85)65-59-53-47-41-36-34-38-44-50-56-62-74(4)5)99-82(87)67-61-55-49-43-37-35-39-45-51-57-63-75(6)9-3/h74-78,83H,7-73H2,1-6H3,(H,88,89)(H,90,91)/t75?,76-,77-,78-/m1/s1. The quantitative estimate of drug-likeness (QED) is 0.0222. The Bertz CT molecular complexity index is 1940. The fourth-order valence-corrected chi connectivity index (χ4v) is 14.3. The van der Waals surface area contributed by atoms with E-state index in [4.69, 9.17) is 37.0 Å². The second kappa shape index (κ2) is 73.6. The van der Waals surface area contributed by atoms with E-state index in [0.717, 1.165) is 102 Å². The largest absolute Gasteiger partial charge is 0.472 e. The molecular weight excluding hydrogens is 1320 g/mol. The first kappa shape index (κ1) is 99.1. The molecule has 0 spiro atoms. The SMILES string of the molecule is CCCCCCCCCCCCCCCCCCCCCC(=O)O[C@H](COC(=O)CCCCCCCCCCCCCCCCC)COP(=O)(O)OC[C@@H](O)COP(=O)(O)OC[C@@H](COC(=O)CCCCCCCCCCCCC(C)C)OC(=O)CCCCCCCCCCCCC(C)CC. The Morgan fingerprint density at radius 3 is 0.752 bits per heavy atom. The van der Waals surface area contributed by atoms with E-state index in [1.165, 1.54) is 250 Å². The number of esters is 4. The maximum atomic E-state index is 13.1. The predicted octanol–water partition coefficient (Wildman–Crippen LogP) is 24.7. The molecule has 0 amide bonds. The van der Waals surface area contributed by atoms with Gasteiger partial charge in [0.25, 0.3) is 0 Å². The number of phosphoric acid groups is 2. The fraction of sp³-hybridized carbons (Fsp3) is 0.951. The lowest BCUT2D eigenvalue weighted by Crippen LogP contribution is -2.30. The highest BCUT2D eigenvalue weighted by molar-refractivity contribution is 7.47. The van der Waals surface area contributed by atoms with E-state index in [9.17, 15) is 43.2 Å². The zero-order valence-electron chi connectivity index (χ0n) is 66.2. The highest BCUT2D eigenvalue weighted by Crippen LogP contribution is 2.45. The van der Waals surface area contributed by atoms with E-state index in [2.05, 4.69) is 41.5 Å². The molecule has 0 aromatic rings. The number of phosphoric ester groups is 2. The Morgan fingerprint density at radius 2 is 0.505 bits per heavy atom. The van der Waals surface area contributed by atoms with Crippen LogP contribution in [0.3, 0.4) is 0 Å². The van der Waals surface area contributed by atoms with E-state index in [0.29, 0.717) is 25.7 Å². The summed E-state index contributed by atoms with van der Waals surface area (Å²) in [4.78, 5) is 73.1. The molecule has 0 saturated heterocycles. The predicted molar refractivity (Wildman–Crippen MR) is 414 cm³/mol. The van der Waals surface area contributed by atoms with E-state index in [1.54, 1.807) is 0 Å². The highest BCUT2D eigenvalue weighted by Gasteiger charge is 2.30. The van der Waals surface area contributed by atoms with Crippen LogP contribution in [0.25, 0.3) is 0 Å². The van der Waals surface area contributed by atoms with Crippen LogP contribution < -0.4 is 0 Å². The van der Waals surface area contributed by atoms with Gasteiger partial charge < -0.3 is 33.8 Å². The smallest absolute Gasteiger partial charge is 0.462 e. The van der Waals surface area contributed by atoms with Crippen molar-refractivity contribution in [2.24, 2.45) is 11.8 Å². The normalized spacial score (nSPS) is 14.2. The minimum Gasteiger partial charge on any atom is -0.462 e. The maximum Gasteiger partial charge on any atom is 0.472 e. The van der Waals surface area contributed by atoms with E-state index in [1.807, 2.05) is 0 Å². The first-order valence-corrected chi connectivity index (χ1v) is 45.5. The zero-order chi connectivity index (χ0) is 74.2. The van der Waals surface area contributed by atoms with Crippen molar-refractivity contribution in [3.05, 3.63) is 0 Å². The van der Waals surface area contributed by atoms with Crippen molar-refractivity contribution < 1.29 is 80.2 Å². The second-order valence-corrected chi connectivity index (χ2v) is 33.1. The van der Waals surface area contributed by atoms with Crippen LogP contribution in [0.2, 0.25) is 0 Å². The van der Waals surface area contributed by atoms with Gasteiger partial charge in [-0.05, 0) is 37.5 Å². The summed E-state index contributed by atoms with van der Waals surface area (Å²) in [5, 5.41) is 10.7. The number of hydrogen-bond acceptors (Lipinski definition) is 15. The molecule has 600 valence electrons. The van der Waals surface area contributed by atoms with Gasteiger partial charge in [-0.1, -0.05) is 382 Å². The summed E-state index contributed by atoms with van der Waals surface area (Å²) in [7, 11) is -9.92. The molecule has 0 rings (SSSR count). The number of carbonyl (C=O) groups excluding carboxylic acids is 4. The molecule has 0 bridgehead atoms. The molecule has 17 nitrogen and oxygen atoms in total. The molecule has 0 aliphatic heterocycles. The van der Waals surface area contributed by atoms with Gasteiger partial charge in [0, 0.05) is 25.7 Å². The van der Waals surface area contributed by atoms with Crippen molar-refractivity contribution in [3.8, 4) is 0 Å². The average molecular weight is 1480 g/mol. The van der Waals surface area contributed by atoms with Crippen molar-refractivity contribution in [2.75, 3.05) is 39.6 Å². The lowest BCUT2D eigenvalue weighted by Gasteiger charge is -2.21. The van der Waals surface area contributed by atoms with Crippen LogP contribution in [0.5, 0.6) is 0 Å². The van der Waals surface area contributed by atoms with Gasteiger partial charge >= 0.3 is 39.5 Å². The summed E-state index contributed by atoms with van der Waals surface area (Å²) in [5.41, 5.74) is 0. The monoisotopic (exact) mass is 1480 g/mol. The highest BCUT2D eigenvalue weighted by atomic mass is 31.2. The number of aliphatic hydroxyl groups is 1. The van der Waals surface area contributed by atoms with Crippen molar-refractivity contribution in [1.82, 2.24) is 0 Å². The van der Waals surface area contributed by atoms with E-state index >= 15 is 0 Å². The van der Waals surface area contributed by atoms with Crippen LogP contribution in [0.15, 0.2) is 0 Å². The lowest BCUT2D eigenvalue weighted by atomic mass is 9.99. The molecule has 6 atom stereocenters. The molecule has 0 saturated carbocycles. The molecule has 0 heterocycles. The lowest BCUT2D eigenvalue weighted by molar-refractivity contribution is -0.161. The van der Waals surface area contributed by atoms with Crippen molar-refractivity contribution >= 4 is 39.5 Å². The van der Waals surface area contributed by atoms with Gasteiger partial charge in [0.15, 0.2) is 12.2 Å². The second-order valence-electron chi connectivity index (χ2n) is 30.2. The number of aliphatic hydroxyl groups excluding tert-OH is 1. The van der Waals surface area contributed by atoms with Gasteiger partial charge in [-0.2, -0.15) is 0 Å². The molecule has 0 aromatic carbocycles. The maximum absolute atomic E-state index is 13.1. The van der Waals surface area contributed by atoms with Crippen molar-refractivity contribution in [2.45, 2.75) is 452 Å². The summed E-state index contributed by atoms with van der Waals surface area (Å²) in [6.45, 7) is 9.67. The molecule has 0 aromatic heterocycles. The Hall–Kier alpha value is -1.94. The van der Waals surface area contributed by atoms with Crippen molar-refractivity contribution in [3.63, 3.8) is 0 Å². The molecule has 3 unspecified atom stereocenters. The van der Waals surface area contributed by atoms with Crippen LogP contribution >= 0.6 is 15.6 Å². The average Bonchev–Trinajstić information content (AvgIpc) is 0.981. The van der Waals surface area contributed by atoms with Crippen molar-refractivity contribution in [1.29, 1.82) is 0 Å². The van der Waals surface area contributed by atoms with Crippen LogP contribution in [-0.4, -0.2) is 96.7 Å². The molecule has 0 fully saturated rings. The third-order valence-electron chi connectivity index (χ3n) is 19.6. The zero-order valence-corrected chi connectivity index (χ0v) is 68.0. The van der Waals surface area contributed by atoms with E-state index < -0.39 is 97.5 Å². The number of ether oxygens (including phenoxy) is 4. The summed E-state index contributed by atoms with van der Waals surface area (Å²) in [6, 6.07) is 0.